The molecule has 0 saturated heterocycles. The van der Waals surface area contributed by atoms with Crippen LogP contribution < -0.4 is 0 Å². The van der Waals surface area contributed by atoms with Crippen molar-refractivity contribution in [3.8, 4) is 0 Å². The molecule has 0 radical (unpaired) electrons. The van der Waals surface area contributed by atoms with Gasteiger partial charge in [0.25, 0.3) is 0 Å². The van der Waals surface area contributed by atoms with E-state index in [1.165, 1.54) is 21.8 Å². The van der Waals surface area contributed by atoms with Gasteiger partial charge in [0.15, 0.2) is 0 Å². The number of nitro groups is 1. The zero-order chi connectivity index (χ0) is 14.4. The van der Waals surface area contributed by atoms with Gasteiger partial charge in [0.2, 0.25) is 5.91 Å². The van der Waals surface area contributed by atoms with Crippen molar-refractivity contribution in [1.82, 2.24) is 14.7 Å². The number of amides is 1. The Morgan fingerprint density at radius 1 is 1.58 bits per heavy atom. The molecule has 0 bridgehead atoms. The minimum atomic E-state index is -0.913. The summed E-state index contributed by atoms with van der Waals surface area (Å²) in [6.07, 6.45) is 1.70. The van der Waals surface area contributed by atoms with Gasteiger partial charge in [-0.1, -0.05) is 0 Å². The Kier molecular flexibility index (Phi) is 4.98. The number of nitrogens with zero attached hydrogens (tertiary/aromatic N) is 4. The number of aromatic nitrogens is 2. The van der Waals surface area contributed by atoms with Crippen molar-refractivity contribution in [2.45, 2.75) is 19.4 Å². The van der Waals surface area contributed by atoms with Crippen LogP contribution in [0.15, 0.2) is 12.3 Å². The summed E-state index contributed by atoms with van der Waals surface area (Å²) in [6.45, 7) is 0.200. The highest BCUT2D eigenvalue weighted by Gasteiger charge is 2.15. The fourth-order valence-electron chi connectivity index (χ4n) is 1.39. The summed E-state index contributed by atoms with van der Waals surface area (Å²) in [4.78, 5) is 33.2. The second-order valence-electron chi connectivity index (χ2n) is 3.94. The molecule has 1 N–H and O–H groups in total. The molecule has 9 nitrogen and oxygen atoms in total. The zero-order valence-electron chi connectivity index (χ0n) is 10.4. The second-order valence-corrected chi connectivity index (χ2v) is 3.94. The molecule has 1 heterocycles. The maximum absolute atomic E-state index is 11.7. The van der Waals surface area contributed by atoms with Gasteiger partial charge in [-0.3, -0.25) is 9.59 Å². The lowest BCUT2D eigenvalue weighted by Gasteiger charge is -2.15. The minimum Gasteiger partial charge on any atom is -0.481 e. The van der Waals surface area contributed by atoms with E-state index in [-0.39, 0.29) is 24.7 Å². The van der Waals surface area contributed by atoms with Crippen molar-refractivity contribution in [3.63, 3.8) is 0 Å². The first-order chi connectivity index (χ1) is 8.90. The number of carbonyl (C=O) groups excluding carboxylic acids is 1. The Morgan fingerprint density at radius 2 is 2.26 bits per heavy atom. The van der Waals surface area contributed by atoms with Crippen LogP contribution in [0.3, 0.4) is 0 Å². The van der Waals surface area contributed by atoms with Crippen LogP contribution in [0, 0.1) is 10.1 Å². The van der Waals surface area contributed by atoms with Crippen LogP contribution in [0.5, 0.6) is 0 Å². The number of aliphatic carboxylic acids is 1. The SMILES string of the molecule is CN(CCCC(=O)O)C(=O)Cn1ccc([N+](=O)[O-])n1. The molecule has 0 saturated carbocycles. The Bertz CT molecular complexity index is 484. The van der Waals surface area contributed by atoms with Gasteiger partial charge < -0.3 is 20.1 Å². The summed E-state index contributed by atoms with van der Waals surface area (Å²) in [6, 6.07) is 1.21. The third-order valence-corrected chi connectivity index (χ3v) is 2.42. The highest BCUT2D eigenvalue weighted by atomic mass is 16.6. The number of carboxylic acids is 1. The molecule has 1 amide bonds. The predicted molar refractivity (Wildman–Crippen MR) is 63.4 cm³/mol. The summed E-state index contributed by atoms with van der Waals surface area (Å²) in [5, 5.41) is 22.5. The number of rotatable bonds is 7. The number of hydrogen-bond donors (Lipinski definition) is 1. The average Bonchev–Trinajstić information content (AvgIpc) is 2.76. The van der Waals surface area contributed by atoms with Gasteiger partial charge in [-0.15, -0.1) is 0 Å². The van der Waals surface area contributed by atoms with Gasteiger partial charge in [0.05, 0.1) is 17.4 Å². The smallest absolute Gasteiger partial charge is 0.389 e. The van der Waals surface area contributed by atoms with Crippen molar-refractivity contribution in [2.24, 2.45) is 0 Å². The van der Waals surface area contributed by atoms with E-state index >= 15 is 0 Å². The Hall–Kier alpha value is -2.45. The fraction of sp³-hybridized carbons (Fsp3) is 0.500. The molecule has 1 rings (SSSR count). The fourth-order valence-corrected chi connectivity index (χ4v) is 1.39. The van der Waals surface area contributed by atoms with Crippen LogP contribution in [-0.2, 0) is 16.1 Å². The van der Waals surface area contributed by atoms with E-state index < -0.39 is 10.9 Å². The molecule has 0 aliphatic rings. The van der Waals surface area contributed by atoms with Crippen LogP contribution in [0.4, 0.5) is 5.82 Å². The van der Waals surface area contributed by atoms with Gasteiger partial charge in [-0.05, 0) is 11.3 Å². The van der Waals surface area contributed by atoms with Crippen LogP contribution in [0.25, 0.3) is 0 Å². The first-order valence-corrected chi connectivity index (χ1v) is 5.53. The summed E-state index contributed by atoms with van der Waals surface area (Å²) in [5.74, 6) is -1.52. The van der Waals surface area contributed by atoms with Crippen molar-refractivity contribution >= 4 is 17.7 Å². The second kappa shape index (κ2) is 6.47. The molecule has 19 heavy (non-hydrogen) atoms. The molecular formula is C10H14N4O5. The van der Waals surface area contributed by atoms with Crippen molar-refractivity contribution in [1.29, 1.82) is 0 Å². The minimum absolute atomic E-state index is 0.00907. The highest BCUT2D eigenvalue weighted by molar-refractivity contribution is 5.75. The van der Waals surface area contributed by atoms with Crippen LogP contribution >= 0.6 is 0 Å². The number of hydrogen-bond acceptors (Lipinski definition) is 5. The third-order valence-electron chi connectivity index (χ3n) is 2.42. The van der Waals surface area contributed by atoms with E-state index in [1.807, 2.05) is 0 Å². The van der Waals surface area contributed by atoms with Crippen LogP contribution in [0.1, 0.15) is 12.8 Å². The van der Waals surface area contributed by atoms with Gasteiger partial charge in [-0.2, -0.15) is 4.68 Å². The summed E-state index contributed by atoms with van der Waals surface area (Å²) >= 11 is 0. The predicted octanol–water partition coefficient (Wildman–Crippen LogP) is 0.114. The molecule has 0 aliphatic heterocycles. The lowest BCUT2D eigenvalue weighted by atomic mass is 10.3. The molecule has 0 aromatic carbocycles. The number of carboxylic acid groups (broad SMARTS) is 1. The number of likely N-dealkylation sites (N-methyl/N-ethyl adjacent to an activating group) is 1. The average molecular weight is 270 g/mol. The van der Waals surface area contributed by atoms with Crippen molar-refractivity contribution in [3.05, 3.63) is 22.4 Å². The quantitative estimate of drug-likeness (QED) is 0.555. The maximum Gasteiger partial charge on any atom is 0.389 e. The largest absolute Gasteiger partial charge is 0.481 e. The van der Waals surface area contributed by atoms with Crippen molar-refractivity contribution < 1.29 is 19.6 Å². The molecule has 0 aliphatic carbocycles. The molecule has 104 valence electrons. The summed E-state index contributed by atoms with van der Waals surface area (Å²) < 4.78 is 1.17. The normalized spacial score (nSPS) is 10.2. The van der Waals surface area contributed by atoms with E-state index in [2.05, 4.69) is 5.10 Å². The Balaban J connectivity index is 2.44. The lowest BCUT2D eigenvalue weighted by molar-refractivity contribution is -0.389. The molecule has 0 spiro atoms. The molecule has 0 unspecified atom stereocenters. The standard InChI is InChI=1S/C10H14N4O5/c1-12(5-2-3-10(16)17)9(15)7-13-6-4-8(11-13)14(18)19/h4,6H,2-3,5,7H2,1H3,(H,16,17). The van der Waals surface area contributed by atoms with Crippen LogP contribution in [-0.4, -0.2) is 50.2 Å². The summed E-state index contributed by atoms with van der Waals surface area (Å²) in [7, 11) is 1.54. The van der Waals surface area contributed by atoms with E-state index in [4.69, 9.17) is 5.11 Å². The first kappa shape index (κ1) is 14.6. The Morgan fingerprint density at radius 3 is 2.79 bits per heavy atom. The Labute approximate surface area is 108 Å². The van der Waals surface area contributed by atoms with Gasteiger partial charge in [-0.25, -0.2) is 0 Å². The molecule has 1 aromatic rings. The first-order valence-electron chi connectivity index (χ1n) is 5.53. The molecule has 0 fully saturated rings. The third kappa shape index (κ3) is 4.74. The lowest BCUT2D eigenvalue weighted by Crippen LogP contribution is -2.31. The highest BCUT2D eigenvalue weighted by Crippen LogP contribution is 2.05. The summed E-state index contributed by atoms with van der Waals surface area (Å²) in [5.41, 5.74) is 0. The molecule has 1 aromatic heterocycles. The van der Waals surface area contributed by atoms with E-state index in [9.17, 15) is 19.7 Å². The van der Waals surface area contributed by atoms with E-state index in [0.717, 1.165) is 0 Å². The van der Waals surface area contributed by atoms with E-state index in [1.54, 1.807) is 7.05 Å². The van der Waals surface area contributed by atoms with Gasteiger partial charge >= 0.3 is 11.8 Å². The number of carbonyl (C=O) groups is 2. The van der Waals surface area contributed by atoms with Crippen LogP contribution in [0.2, 0.25) is 0 Å². The molecule has 9 heteroatoms. The van der Waals surface area contributed by atoms with Gasteiger partial charge in [0.1, 0.15) is 6.54 Å². The van der Waals surface area contributed by atoms with E-state index in [0.29, 0.717) is 13.0 Å². The molecular weight excluding hydrogens is 256 g/mol. The maximum atomic E-state index is 11.7. The zero-order valence-corrected chi connectivity index (χ0v) is 10.4. The monoisotopic (exact) mass is 270 g/mol. The molecule has 0 atom stereocenters. The van der Waals surface area contributed by atoms with Crippen molar-refractivity contribution in [2.75, 3.05) is 13.6 Å². The van der Waals surface area contributed by atoms with Gasteiger partial charge in [0, 0.05) is 20.0 Å². The topological polar surface area (TPSA) is 119 Å².